The minimum atomic E-state index is -4.66. The predicted molar refractivity (Wildman–Crippen MR) is 178 cm³/mol. The quantitative estimate of drug-likeness (QED) is 0.310. The molecule has 13 heteroatoms. The van der Waals surface area contributed by atoms with E-state index in [1.807, 2.05) is 24.3 Å². The third-order valence-corrected chi connectivity index (χ3v) is 10.9. The van der Waals surface area contributed by atoms with Gasteiger partial charge in [-0.15, -0.1) is 0 Å². The fourth-order valence-electron chi connectivity index (χ4n) is 7.70. The molecule has 3 N–H and O–H groups in total. The Morgan fingerprint density at radius 1 is 0.915 bits per heavy atom. The van der Waals surface area contributed by atoms with E-state index in [0.29, 0.717) is 50.6 Å². The molecule has 0 bridgehead atoms. The van der Waals surface area contributed by atoms with Crippen molar-refractivity contribution in [3.8, 4) is 0 Å². The number of rotatable bonds is 7. The molecule has 3 saturated heterocycles. The molecule has 6 rings (SSSR count). The van der Waals surface area contributed by atoms with Gasteiger partial charge in [0, 0.05) is 49.2 Å². The zero-order valence-corrected chi connectivity index (χ0v) is 28.0. The fourth-order valence-corrected chi connectivity index (χ4v) is 8.21. The van der Waals surface area contributed by atoms with Gasteiger partial charge in [0.1, 0.15) is 0 Å². The van der Waals surface area contributed by atoms with Crippen LogP contribution in [0.1, 0.15) is 68.5 Å². The van der Waals surface area contributed by atoms with Crippen LogP contribution in [0, 0.1) is 5.92 Å². The number of anilines is 1. The Kier molecular flexibility index (Phi) is 10.0. The first-order valence-corrected chi connectivity index (χ1v) is 17.4. The summed E-state index contributed by atoms with van der Waals surface area (Å²) in [5.74, 6) is -1.22. The standard InChI is InChI=1S/C34H42BrF3N6O3/c35-27-20-22(19-26(31(27)39)34(36,37)38)18-23(32(46)43-16-8-24(9-17-43)41-12-4-1-5-13-41)21-30(45)42-14-10-25(11-15-42)44-29-7-3-2-6-28(29)40-33(44)47/h2-3,6-7,19-20,23-25H,1,4-5,8-18,21,39H2,(H,40,47)/t23-/m0/s1. The number of aromatic amines is 1. The summed E-state index contributed by atoms with van der Waals surface area (Å²) < 4.78 is 43.3. The molecule has 3 fully saturated rings. The van der Waals surface area contributed by atoms with E-state index in [4.69, 9.17) is 5.73 Å². The number of para-hydroxylation sites is 2. The van der Waals surface area contributed by atoms with E-state index in [2.05, 4.69) is 25.8 Å². The number of aromatic nitrogens is 2. The Bertz CT molecular complexity index is 1650. The number of fused-ring (bicyclic) bond motifs is 1. The monoisotopic (exact) mass is 718 g/mol. The Hall–Kier alpha value is -3.32. The molecular formula is C34H42BrF3N6O3. The summed E-state index contributed by atoms with van der Waals surface area (Å²) in [6.07, 6.45) is 1.70. The van der Waals surface area contributed by atoms with E-state index in [-0.39, 0.29) is 40.9 Å². The number of carbonyl (C=O) groups is 2. The second-order valence-electron chi connectivity index (χ2n) is 13.2. The van der Waals surface area contributed by atoms with E-state index < -0.39 is 23.3 Å². The minimum absolute atomic E-state index is 0.0141. The van der Waals surface area contributed by atoms with Crippen LogP contribution in [-0.4, -0.2) is 81.4 Å². The summed E-state index contributed by atoms with van der Waals surface area (Å²) in [7, 11) is 0. The van der Waals surface area contributed by atoms with E-state index in [1.54, 1.807) is 14.4 Å². The highest BCUT2D eigenvalue weighted by molar-refractivity contribution is 9.10. The molecule has 0 saturated carbocycles. The second-order valence-corrected chi connectivity index (χ2v) is 14.1. The number of benzene rings is 2. The first-order chi connectivity index (χ1) is 22.5. The number of likely N-dealkylation sites (tertiary alicyclic amines) is 3. The normalized spacial score (nSPS) is 19.7. The first-order valence-electron chi connectivity index (χ1n) is 16.6. The number of nitrogens with zero attached hydrogens (tertiary/aromatic N) is 4. The number of hydrogen-bond acceptors (Lipinski definition) is 5. The molecule has 4 heterocycles. The largest absolute Gasteiger partial charge is 0.418 e. The second kappa shape index (κ2) is 14.0. The van der Waals surface area contributed by atoms with Gasteiger partial charge in [-0.05, 0) is 104 Å². The first kappa shape index (κ1) is 33.6. The smallest absolute Gasteiger partial charge is 0.397 e. The topological polar surface area (TPSA) is 108 Å². The van der Waals surface area contributed by atoms with Crippen LogP contribution in [0.15, 0.2) is 45.7 Å². The number of nitrogens with two attached hydrogens (primary N) is 1. The third kappa shape index (κ3) is 7.40. The maximum absolute atomic E-state index is 14.0. The summed E-state index contributed by atoms with van der Waals surface area (Å²) in [6.45, 7) is 4.12. The molecular weight excluding hydrogens is 677 g/mol. The van der Waals surface area contributed by atoms with Crippen LogP contribution in [0.25, 0.3) is 11.0 Å². The van der Waals surface area contributed by atoms with Crippen molar-refractivity contribution < 1.29 is 22.8 Å². The Morgan fingerprint density at radius 3 is 2.23 bits per heavy atom. The number of nitrogen functional groups attached to an aromatic ring is 1. The molecule has 3 aliphatic rings. The van der Waals surface area contributed by atoms with Gasteiger partial charge in [0.15, 0.2) is 0 Å². The lowest BCUT2D eigenvalue weighted by molar-refractivity contribution is -0.143. The lowest BCUT2D eigenvalue weighted by atomic mass is 9.91. The van der Waals surface area contributed by atoms with Gasteiger partial charge < -0.3 is 25.4 Å². The van der Waals surface area contributed by atoms with Gasteiger partial charge in [-0.1, -0.05) is 18.6 Å². The van der Waals surface area contributed by atoms with E-state index in [9.17, 15) is 27.6 Å². The zero-order chi connectivity index (χ0) is 33.3. The summed E-state index contributed by atoms with van der Waals surface area (Å²) in [5.41, 5.74) is 6.09. The molecule has 2 aromatic carbocycles. The molecule has 0 unspecified atom stereocenters. The van der Waals surface area contributed by atoms with Crippen LogP contribution in [0.2, 0.25) is 0 Å². The summed E-state index contributed by atoms with van der Waals surface area (Å²) in [5, 5.41) is 0. The molecule has 254 valence electrons. The SMILES string of the molecule is Nc1c(Br)cc(C[C@@H](CC(=O)N2CCC(n3c(=O)[nH]c4ccccc43)CC2)C(=O)N2CCC(N3CCCCC3)CC2)cc1C(F)(F)F. The number of hydrogen-bond donors (Lipinski definition) is 2. The van der Waals surface area contributed by atoms with Gasteiger partial charge >= 0.3 is 11.9 Å². The van der Waals surface area contributed by atoms with Crippen LogP contribution in [0.5, 0.6) is 0 Å². The molecule has 9 nitrogen and oxygen atoms in total. The van der Waals surface area contributed by atoms with Gasteiger partial charge in [-0.3, -0.25) is 14.2 Å². The maximum Gasteiger partial charge on any atom is 0.418 e. The Labute approximate surface area is 280 Å². The zero-order valence-electron chi connectivity index (χ0n) is 26.4. The van der Waals surface area contributed by atoms with E-state index >= 15 is 0 Å². The fraction of sp³-hybridized carbons (Fsp3) is 0.559. The molecule has 0 spiro atoms. The van der Waals surface area contributed by atoms with Crippen molar-refractivity contribution in [2.75, 3.05) is 45.0 Å². The molecule has 1 atom stereocenters. The number of piperidine rings is 3. The van der Waals surface area contributed by atoms with Gasteiger partial charge in [0.05, 0.1) is 28.2 Å². The van der Waals surface area contributed by atoms with E-state index in [1.165, 1.54) is 25.3 Å². The number of halogens is 4. The molecule has 2 amide bonds. The molecule has 1 aromatic heterocycles. The summed E-state index contributed by atoms with van der Waals surface area (Å²) in [4.78, 5) is 49.4. The number of imidazole rings is 1. The van der Waals surface area contributed by atoms with Crippen molar-refractivity contribution in [3.63, 3.8) is 0 Å². The number of H-pyrrole nitrogens is 1. The van der Waals surface area contributed by atoms with Crippen molar-refractivity contribution in [2.24, 2.45) is 5.92 Å². The Balaban J connectivity index is 1.16. The lowest BCUT2D eigenvalue weighted by Crippen LogP contribution is -2.50. The predicted octanol–water partition coefficient (Wildman–Crippen LogP) is 5.58. The van der Waals surface area contributed by atoms with Crippen molar-refractivity contribution >= 4 is 44.5 Å². The Morgan fingerprint density at radius 2 is 1.55 bits per heavy atom. The summed E-state index contributed by atoms with van der Waals surface area (Å²) >= 11 is 3.17. The number of alkyl halides is 3. The number of amides is 2. The highest BCUT2D eigenvalue weighted by Gasteiger charge is 2.37. The average molecular weight is 720 g/mol. The lowest BCUT2D eigenvalue weighted by Gasteiger charge is -2.41. The molecule has 0 aliphatic carbocycles. The van der Waals surface area contributed by atoms with Gasteiger partial charge in [0.25, 0.3) is 0 Å². The van der Waals surface area contributed by atoms with Crippen molar-refractivity contribution in [1.82, 2.24) is 24.3 Å². The highest BCUT2D eigenvalue weighted by atomic mass is 79.9. The van der Waals surface area contributed by atoms with Crippen molar-refractivity contribution in [1.29, 1.82) is 0 Å². The highest BCUT2D eigenvalue weighted by Crippen LogP contribution is 2.39. The van der Waals surface area contributed by atoms with Crippen LogP contribution in [0.3, 0.4) is 0 Å². The number of carbonyl (C=O) groups excluding carboxylic acids is 2. The van der Waals surface area contributed by atoms with Gasteiger partial charge in [0.2, 0.25) is 11.8 Å². The van der Waals surface area contributed by atoms with Crippen LogP contribution in [-0.2, 0) is 22.2 Å². The minimum Gasteiger partial charge on any atom is -0.397 e. The van der Waals surface area contributed by atoms with Crippen molar-refractivity contribution in [3.05, 3.63) is 62.5 Å². The van der Waals surface area contributed by atoms with E-state index in [0.717, 1.165) is 43.0 Å². The molecule has 47 heavy (non-hydrogen) atoms. The van der Waals surface area contributed by atoms with Gasteiger partial charge in [-0.25, -0.2) is 4.79 Å². The molecule has 3 aromatic rings. The third-order valence-electron chi connectivity index (χ3n) is 10.2. The molecule has 0 radical (unpaired) electrons. The molecule has 3 aliphatic heterocycles. The van der Waals surface area contributed by atoms with Crippen LogP contribution < -0.4 is 11.4 Å². The van der Waals surface area contributed by atoms with Crippen molar-refractivity contribution in [2.45, 2.75) is 76.0 Å². The van der Waals surface area contributed by atoms with Crippen LogP contribution in [0.4, 0.5) is 18.9 Å². The van der Waals surface area contributed by atoms with Crippen LogP contribution >= 0.6 is 15.9 Å². The number of nitrogens with one attached hydrogen (secondary N) is 1. The average Bonchev–Trinajstić information content (AvgIpc) is 3.41. The maximum atomic E-state index is 14.0. The summed E-state index contributed by atoms with van der Waals surface area (Å²) in [6, 6.07) is 10.4. The van der Waals surface area contributed by atoms with Gasteiger partial charge in [-0.2, -0.15) is 13.2 Å².